The van der Waals surface area contributed by atoms with Crippen molar-refractivity contribution in [1.29, 1.82) is 0 Å². The molecule has 8 nitrogen and oxygen atoms in total. The van der Waals surface area contributed by atoms with Crippen molar-refractivity contribution in [1.82, 2.24) is 0 Å². The van der Waals surface area contributed by atoms with Gasteiger partial charge in [-0.25, -0.2) is 0 Å². The van der Waals surface area contributed by atoms with Gasteiger partial charge in [-0.1, -0.05) is 72.2 Å². The van der Waals surface area contributed by atoms with Gasteiger partial charge in [0.15, 0.2) is 5.78 Å². The van der Waals surface area contributed by atoms with Gasteiger partial charge in [0.25, 0.3) is 10.9 Å². The summed E-state index contributed by atoms with van der Waals surface area (Å²) in [6.07, 6.45) is 1.25. The van der Waals surface area contributed by atoms with E-state index < -0.39 is 16.9 Å². The van der Waals surface area contributed by atoms with Gasteiger partial charge in [0, 0.05) is 5.69 Å². The van der Waals surface area contributed by atoms with Crippen molar-refractivity contribution in [2.24, 2.45) is 5.92 Å². The highest BCUT2D eigenvalue weighted by Gasteiger charge is 2.29. The first-order valence-electron chi connectivity index (χ1n) is 12.2. The second-order valence-electron chi connectivity index (χ2n) is 8.22. The zero-order chi connectivity index (χ0) is 27.4. The van der Waals surface area contributed by atoms with Gasteiger partial charge in [-0.05, 0) is 37.1 Å². The molecule has 1 unspecified atom stereocenters. The molecule has 0 spiro atoms. The summed E-state index contributed by atoms with van der Waals surface area (Å²) in [5.41, 5.74) is -0.852. The first-order chi connectivity index (χ1) is 17.1. The van der Waals surface area contributed by atoms with Gasteiger partial charge in [-0.3, -0.25) is 19.2 Å². The predicted molar refractivity (Wildman–Crippen MR) is 147 cm³/mol. The largest absolute Gasteiger partial charge is 0.505 e. The van der Waals surface area contributed by atoms with E-state index in [-0.39, 0.29) is 46.0 Å². The van der Waals surface area contributed by atoms with Gasteiger partial charge >= 0.3 is 0 Å². The average Bonchev–Trinajstić information content (AvgIpc) is 2.86. The molecule has 1 atom stereocenters. The van der Waals surface area contributed by atoms with Crippen LogP contribution < -0.4 is 26.8 Å². The predicted octanol–water partition coefficient (Wildman–Crippen LogP) is 5.45. The van der Waals surface area contributed by atoms with Crippen LogP contribution in [0, 0.1) is 5.92 Å². The van der Waals surface area contributed by atoms with E-state index in [1.165, 1.54) is 25.5 Å². The number of phenols is 1. The Hall–Kier alpha value is -3.94. The number of para-hydroxylation sites is 2. The van der Waals surface area contributed by atoms with Crippen LogP contribution in [0.5, 0.6) is 5.75 Å². The van der Waals surface area contributed by atoms with Gasteiger partial charge in [0.05, 0.1) is 11.3 Å². The first kappa shape index (κ1) is 30.1. The fourth-order valence-electron chi connectivity index (χ4n) is 3.14. The van der Waals surface area contributed by atoms with Crippen molar-refractivity contribution >= 4 is 34.4 Å². The maximum atomic E-state index is 12.8. The highest BCUT2D eigenvalue weighted by Crippen LogP contribution is 2.32. The smallest absolute Gasteiger partial charge is 0.253 e. The molecule has 3 aromatic rings. The molecule has 8 heteroatoms. The number of ketones is 1. The molecule has 3 rings (SSSR count). The van der Waals surface area contributed by atoms with Gasteiger partial charge in [0.2, 0.25) is 5.91 Å². The standard InChI is InChI=1S/C23H23N3O5.C3H8.C2H6/c1-12(2)17(23(31)24-14-8-5-4-6-9-14)26-19-18(21(29)22(19)30)25-16-11-7-10-15(13(3)27)20(16)28;1-3-2;1-2/h4-12,17,25-26,28H,1-3H3,(H,24,31);3H2,1-2H3;1-2H3. The number of phenolic OH excluding ortho intramolecular Hbond substituents is 1. The van der Waals surface area contributed by atoms with E-state index >= 15 is 0 Å². The van der Waals surface area contributed by atoms with Crippen LogP contribution in [0.2, 0.25) is 0 Å². The molecule has 0 aliphatic carbocycles. The number of nitrogens with one attached hydrogen (secondary N) is 3. The molecule has 3 aromatic carbocycles. The van der Waals surface area contributed by atoms with Gasteiger partial charge < -0.3 is 21.1 Å². The van der Waals surface area contributed by atoms with Crippen LogP contribution in [-0.2, 0) is 4.79 Å². The highest BCUT2D eigenvalue weighted by molar-refractivity contribution is 6.00. The van der Waals surface area contributed by atoms with E-state index in [1.807, 2.05) is 33.8 Å². The number of benzene rings is 2. The van der Waals surface area contributed by atoms with Gasteiger partial charge in [0.1, 0.15) is 23.2 Å². The molecule has 0 saturated heterocycles. The summed E-state index contributed by atoms with van der Waals surface area (Å²) in [6, 6.07) is 12.6. The van der Waals surface area contributed by atoms with E-state index in [4.69, 9.17) is 0 Å². The lowest BCUT2D eigenvalue weighted by molar-refractivity contribution is -0.117. The zero-order valence-corrected chi connectivity index (χ0v) is 22.1. The van der Waals surface area contributed by atoms with Crippen LogP contribution in [0.25, 0.3) is 0 Å². The molecule has 0 saturated carbocycles. The molecule has 0 bridgehead atoms. The molecule has 0 aliphatic heterocycles. The molecule has 194 valence electrons. The molecule has 0 radical (unpaired) electrons. The quantitative estimate of drug-likeness (QED) is 0.186. The normalized spacial score (nSPS) is 10.9. The Kier molecular flexibility index (Phi) is 12.1. The van der Waals surface area contributed by atoms with E-state index in [0.717, 1.165) is 0 Å². The van der Waals surface area contributed by atoms with Crippen LogP contribution >= 0.6 is 0 Å². The Morgan fingerprint density at radius 1 is 0.889 bits per heavy atom. The van der Waals surface area contributed by atoms with Crippen LogP contribution in [0.3, 0.4) is 0 Å². The summed E-state index contributed by atoms with van der Waals surface area (Å²) in [6.45, 7) is 13.2. The van der Waals surface area contributed by atoms with Crippen LogP contribution in [0.4, 0.5) is 22.7 Å². The fraction of sp³-hybridized carbons (Fsp3) is 0.357. The lowest BCUT2D eigenvalue weighted by Gasteiger charge is -2.25. The molecule has 1 amide bonds. The average molecular weight is 496 g/mol. The minimum Gasteiger partial charge on any atom is -0.505 e. The second kappa shape index (κ2) is 14.5. The molecular weight excluding hydrogens is 458 g/mol. The minimum absolute atomic E-state index is 0.0421. The lowest BCUT2D eigenvalue weighted by Crippen LogP contribution is -2.45. The summed E-state index contributed by atoms with van der Waals surface area (Å²) in [5, 5.41) is 18.7. The summed E-state index contributed by atoms with van der Waals surface area (Å²) in [4.78, 5) is 48.8. The molecule has 0 aliphatic rings. The van der Waals surface area contributed by atoms with E-state index in [2.05, 4.69) is 29.8 Å². The number of anilines is 4. The lowest BCUT2D eigenvalue weighted by atomic mass is 10.0. The van der Waals surface area contributed by atoms with E-state index in [9.17, 15) is 24.3 Å². The van der Waals surface area contributed by atoms with Crippen molar-refractivity contribution in [3.63, 3.8) is 0 Å². The second-order valence-corrected chi connectivity index (χ2v) is 8.22. The Morgan fingerprint density at radius 2 is 1.44 bits per heavy atom. The summed E-state index contributed by atoms with van der Waals surface area (Å²) in [7, 11) is 0. The first-order valence-corrected chi connectivity index (χ1v) is 12.2. The number of carbonyl (C=O) groups is 2. The van der Waals surface area contributed by atoms with Gasteiger partial charge in [-0.15, -0.1) is 0 Å². The fourth-order valence-corrected chi connectivity index (χ4v) is 3.14. The molecular formula is C28H37N3O5. The maximum absolute atomic E-state index is 12.8. The minimum atomic E-state index is -0.791. The Bertz CT molecular complexity index is 1210. The Balaban J connectivity index is 0.00000120. The van der Waals surface area contributed by atoms with E-state index in [0.29, 0.717) is 5.69 Å². The van der Waals surface area contributed by atoms with Crippen molar-refractivity contribution in [2.75, 3.05) is 16.0 Å². The number of amides is 1. The molecule has 4 N–H and O–H groups in total. The van der Waals surface area contributed by atoms with Crippen LogP contribution in [0.15, 0.2) is 58.1 Å². The van der Waals surface area contributed by atoms with Crippen molar-refractivity contribution in [2.45, 2.75) is 60.9 Å². The Morgan fingerprint density at radius 3 is 1.97 bits per heavy atom. The SMILES string of the molecule is CC.CC(=O)c1cccc(Nc2c(NC(C(=O)Nc3ccccc3)C(C)C)c(=O)c2=O)c1O.CCC. The van der Waals surface area contributed by atoms with Gasteiger partial charge in [-0.2, -0.15) is 0 Å². The third-order valence-corrected chi connectivity index (χ3v) is 4.88. The van der Waals surface area contributed by atoms with Crippen LogP contribution in [-0.4, -0.2) is 22.8 Å². The summed E-state index contributed by atoms with van der Waals surface area (Å²) < 4.78 is 0. The highest BCUT2D eigenvalue weighted by atomic mass is 16.3. The Labute approximate surface area is 212 Å². The molecule has 0 aromatic heterocycles. The summed E-state index contributed by atoms with van der Waals surface area (Å²) in [5.74, 6) is -1.23. The number of aromatic hydroxyl groups is 1. The molecule has 0 heterocycles. The molecule has 0 fully saturated rings. The number of Topliss-reactive ketones (excluding diaryl/α,β-unsaturated/α-hetero) is 1. The number of hydrogen-bond acceptors (Lipinski definition) is 7. The van der Waals surface area contributed by atoms with Crippen molar-refractivity contribution in [3.05, 3.63) is 74.5 Å². The van der Waals surface area contributed by atoms with E-state index in [1.54, 1.807) is 30.3 Å². The molecule has 36 heavy (non-hydrogen) atoms. The van der Waals surface area contributed by atoms with Crippen molar-refractivity contribution < 1.29 is 14.7 Å². The number of rotatable bonds is 8. The summed E-state index contributed by atoms with van der Waals surface area (Å²) >= 11 is 0. The maximum Gasteiger partial charge on any atom is 0.253 e. The number of hydrogen-bond donors (Lipinski definition) is 4. The number of carbonyl (C=O) groups excluding carboxylic acids is 2. The monoisotopic (exact) mass is 495 g/mol. The zero-order valence-electron chi connectivity index (χ0n) is 22.1. The van der Waals surface area contributed by atoms with Crippen molar-refractivity contribution in [3.8, 4) is 5.75 Å². The topological polar surface area (TPSA) is 125 Å². The third kappa shape index (κ3) is 7.53. The van der Waals surface area contributed by atoms with Crippen LogP contribution in [0.1, 0.15) is 65.2 Å². The third-order valence-electron chi connectivity index (χ3n) is 4.88.